The summed E-state index contributed by atoms with van der Waals surface area (Å²) in [6.45, 7) is 0.562. The highest BCUT2D eigenvalue weighted by atomic mass is 32.2. The Morgan fingerprint density at radius 3 is 2.63 bits per heavy atom. The Kier molecular flexibility index (Phi) is 4.79. The van der Waals surface area contributed by atoms with Gasteiger partial charge in [0, 0.05) is 24.8 Å². The molecule has 0 fully saturated rings. The number of carbonyl (C=O) groups excluding carboxylic acids is 1. The Balaban J connectivity index is 1.94. The monoisotopic (exact) mass is 390 g/mol. The molecule has 0 radical (unpaired) electrons. The Labute approximate surface area is 156 Å². The summed E-state index contributed by atoms with van der Waals surface area (Å²) in [7, 11) is -1.03. The molecule has 27 heavy (non-hydrogen) atoms. The quantitative estimate of drug-likeness (QED) is 0.805. The normalized spacial score (nSPS) is 13.9. The molecule has 0 saturated carbocycles. The molecular weight excluding hydrogens is 372 g/mol. The highest BCUT2D eigenvalue weighted by molar-refractivity contribution is 7.92. The first-order valence-electron chi connectivity index (χ1n) is 8.05. The predicted molar refractivity (Wildman–Crippen MR) is 97.9 cm³/mol. The van der Waals surface area contributed by atoms with Gasteiger partial charge in [0.15, 0.2) is 0 Å². The van der Waals surface area contributed by atoms with Crippen molar-refractivity contribution in [3.05, 3.63) is 53.1 Å². The molecule has 1 heterocycles. The van der Waals surface area contributed by atoms with Crippen LogP contribution in [0.2, 0.25) is 0 Å². The SMILES string of the molecule is COc1cc(C(=O)O)ccc1S(=O)(=O)Nc1ccc2c(c1)CCN(C)C2=O. The molecule has 0 atom stereocenters. The van der Waals surface area contributed by atoms with Gasteiger partial charge in [-0.3, -0.25) is 9.52 Å². The van der Waals surface area contributed by atoms with Crippen LogP contribution in [-0.4, -0.2) is 51.0 Å². The lowest BCUT2D eigenvalue weighted by atomic mass is 9.99. The van der Waals surface area contributed by atoms with Crippen molar-refractivity contribution in [1.29, 1.82) is 0 Å². The molecule has 0 aliphatic carbocycles. The zero-order valence-corrected chi connectivity index (χ0v) is 15.5. The van der Waals surface area contributed by atoms with Crippen LogP contribution < -0.4 is 9.46 Å². The molecule has 1 aliphatic rings. The summed E-state index contributed by atoms with van der Waals surface area (Å²) in [5, 5.41) is 9.03. The van der Waals surface area contributed by atoms with Gasteiger partial charge >= 0.3 is 5.97 Å². The summed E-state index contributed by atoms with van der Waals surface area (Å²) in [6, 6.07) is 8.28. The smallest absolute Gasteiger partial charge is 0.335 e. The van der Waals surface area contributed by atoms with Crippen molar-refractivity contribution in [2.45, 2.75) is 11.3 Å². The molecule has 0 unspecified atom stereocenters. The van der Waals surface area contributed by atoms with E-state index in [2.05, 4.69) is 4.72 Å². The minimum Gasteiger partial charge on any atom is -0.495 e. The number of hydrogen-bond acceptors (Lipinski definition) is 5. The third kappa shape index (κ3) is 3.59. The number of amides is 1. The van der Waals surface area contributed by atoms with Crippen molar-refractivity contribution < 1.29 is 27.9 Å². The van der Waals surface area contributed by atoms with Crippen LogP contribution in [0.1, 0.15) is 26.3 Å². The number of benzene rings is 2. The van der Waals surface area contributed by atoms with Crippen molar-refractivity contribution in [3.63, 3.8) is 0 Å². The topological polar surface area (TPSA) is 113 Å². The number of methoxy groups -OCH3 is 1. The molecule has 3 rings (SSSR count). The summed E-state index contributed by atoms with van der Waals surface area (Å²) < 4.78 is 33.0. The van der Waals surface area contributed by atoms with Crippen LogP contribution in [0.3, 0.4) is 0 Å². The number of rotatable bonds is 5. The molecule has 0 aromatic heterocycles. The minimum absolute atomic E-state index is 0.0721. The Hall–Kier alpha value is -3.07. The van der Waals surface area contributed by atoms with Gasteiger partial charge < -0.3 is 14.7 Å². The standard InChI is InChI=1S/C18H18N2O6S/c1-20-8-7-11-9-13(4-5-14(11)17(20)21)19-27(24,25)16-6-3-12(18(22)23)10-15(16)26-2/h3-6,9-10,19H,7-8H2,1-2H3,(H,22,23). The number of carboxylic acid groups (broad SMARTS) is 1. The van der Waals surface area contributed by atoms with E-state index < -0.39 is 16.0 Å². The van der Waals surface area contributed by atoms with E-state index in [9.17, 15) is 18.0 Å². The number of carboxylic acids is 1. The molecule has 1 amide bonds. The largest absolute Gasteiger partial charge is 0.495 e. The van der Waals surface area contributed by atoms with Gasteiger partial charge in [0.05, 0.1) is 12.7 Å². The van der Waals surface area contributed by atoms with Crippen LogP contribution in [0.15, 0.2) is 41.3 Å². The fourth-order valence-electron chi connectivity index (χ4n) is 2.90. The van der Waals surface area contributed by atoms with Crippen molar-refractivity contribution in [2.24, 2.45) is 0 Å². The van der Waals surface area contributed by atoms with Crippen molar-refractivity contribution in [3.8, 4) is 5.75 Å². The molecule has 2 aromatic rings. The van der Waals surface area contributed by atoms with E-state index in [0.29, 0.717) is 24.2 Å². The van der Waals surface area contributed by atoms with Crippen LogP contribution in [0.25, 0.3) is 0 Å². The molecule has 8 nitrogen and oxygen atoms in total. The number of fused-ring (bicyclic) bond motifs is 1. The highest BCUT2D eigenvalue weighted by Crippen LogP contribution is 2.28. The Bertz CT molecular complexity index is 1030. The average molecular weight is 390 g/mol. The van der Waals surface area contributed by atoms with E-state index in [0.717, 1.165) is 11.6 Å². The van der Waals surface area contributed by atoms with Crippen LogP contribution in [-0.2, 0) is 16.4 Å². The van der Waals surface area contributed by atoms with Gasteiger partial charge in [-0.15, -0.1) is 0 Å². The highest BCUT2D eigenvalue weighted by Gasteiger charge is 2.24. The van der Waals surface area contributed by atoms with E-state index in [4.69, 9.17) is 9.84 Å². The van der Waals surface area contributed by atoms with Gasteiger partial charge in [0.2, 0.25) is 0 Å². The molecular formula is C18H18N2O6S. The number of hydrogen-bond donors (Lipinski definition) is 2. The molecule has 9 heteroatoms. The second-order valence-corrected chi connectivity index (χ2v) is 7.78. The first-order valence-corrected chi connectivity index (χ1v) is 9.54. The van der Waals surface area contributed by atoms with Crippen molar-refractivity contribution >= 4 is 27.6 Å². The van der Waals surface area contributed by atoms with Gasteiger partial charge in [-0.2, -0.15) is 0 Å². The maximum absolute atomic E-state index is 12.7. The lowest BCUT2D eigenvalue weighted by Crippen LogP contribution is -2.34. The van der Waals surface area contributed by atoms with Gasteiger partial charge in [-0.05, 0) is 48.4 Å². The fraction of sp³-hybridized carbons (Fsp3) is 0.222. The number of likely N-dealkylation sites (N-methyl/N-ethyl adjacent to an activating group) is 1. The van der Waals surface area contributed by atoms with Gasteiger partial charge in [-0.25, -0.2) is 13.2 Å². The number of nitrogens with zero attached hydrogens (tertiary/aromatic N) is 1. The second kappa shape index (κ2) is 6.92. The second-order valence-electron chi connectivity index (χ2n) is 6.12. The van der Waals surface area contributed by atoms with Gasteiger partial charge in [0.1, 0.15) is 10.6 Å². The first-order chi connectivity index (χ1) is 12.7. The van der Waals surface area contributed by atoms with Crippen LogP contribution in [0.4, 0.5) is 5.69 Å². The molecule has 1 aliphatic heterocycles. The Morgan fingerprint density at radius 1 is 1.22 bits per heavy atom. The van der Waals surface area contributed by atoms with Crippen LogP contribution in [0.5, 0.6) is 5.75 Å². The van der Waals surface area contributed by atoms with Crippen molar-refractivity contribution in [2.75, 3.05) is 25.4 Å². The molecule has 2 N–H and O–H groups in total. The number of anilines is 1. The molecule has 0 bridgehead atoms. The summed E-state index contributed by atoms with van der Waals surface area (Å²) in [5.41, 5.74) is 1.55. The lowest BCUT2D eigenvalue weighted by Gasteiger charge is -2.25. The first kappa shape index (κ1) is 18.7. The summed E-state index contributed by atoms with van der Waals surface area (Å²) >= 11 is 0. The molecule has 142 valence electrons. The van der Waals surface area contributed by atoms with Crippen molar-refractivity contribution in [1.82, 2.24) is 4.90 Å². The summed E-state index contributed by atoms with van der Waals surface area (Å²) in [4.78, 5) is 24.6. The third-order valence-corrected chi connectivity index (χ3v) is 5.77. The van der Waals surface area contributed by atoms with E-state index in [1.807, 2.05) is 0 Å². The number of carbonyl (C=O) groups is 2. The number of sulfonamides is 1. The molecule has 0 spiro atoms. The Morgan fingerprint density at radius 2 is 1.96 bits per heavy atom. The van der Waals surface area contributed by atoms with Crippen LogP contribution in [0, 0.1) is 0 Å². The van der Waals surface area contributed by atoms with Gasteiger partial charge in [0.25, 0.3) is 15.9 Å². The molecule has 0 saturated heterocycles. The zero-order valence-electron chi connectivity index (χ0n) is 14.7. The maximum atomic E-state index is 12.7. The molecule has 2 aromatic carbocycles. The number of aromatic carboxylic acids is 1. The number of ether oxygens (including phenoxy) is 1. The van der Waals surface area contributed by atoms with E-state index >= 15 is 0 Å². The summed E-state index contributed by atoms with van der Waals surface area (Å²) in [5.74, 6) is -1.36. The van der Waals surface area contributed by atoms with E-state index in [-0.39, 0.29) is 22.1 Å². The van der Waals surface area contributed by atoms with Crippen LogP contribution >= 0.6 is 0 Å². The summed E-state index contributed by atoms with van der Waals surface area (Å²) in [6.07, 6.45) is 0.629. The minimum atomic E-state index is -4.01. The maximum Gasteiger partial charge on any atom is 0.335 e. The van der Waals surface area contributed by atoms with E-state index in [1.54, 1.807) is 24.1 Å². The third-order valence-electron chi connectivity index (χ3n) is 4.35. The predicted octanol–water partition coefficient (Wildman–Crippen LogP) is 1.82. The zero-order chi connectivity index (χ0) is 19.8. The van der Waals surface area contributed by atoms with Gasteiger partial charge in [-0.1, -0.05) is 0 Å². The van der Waals surface area contributed by atoms with E-state index in [1.165, 1.54) is 25.3 Å². The lowest BCUT2D eigenvalue weighted by molar-refractivity contribution is 0.0695. The average Bonchev–Trinajstić information content (AvgIpc) is 2.64. The number of nitrogens with one attached hydrogen (secondary N) is 1. The fourth-order valence-corrected chi connectivity index (χ4v) is 4.10.